The number of hydrogen-bond acceptors (Lipinski definition) is 0. The van der Waals surface area contributed by atoms with Crippen LogP contribution in [-0.4, -0.2) is 0 Å². The zero-order valence-electron chi connectivity index (χ0n) is 11.4. The first-order chi connectivity index (χ1) is 7.65. The summed E-state index contributed by atoms with van der Waals surface area (Å²) in [5, 5.41) is 0. The van der Waals surface area contributed by atoms with Gasteiger partial charge in [0.1, 0.15) is 0 Å². The molecule has 1 saturated carbocycles. The Balaban J connectivity index is 2.22. The van der Waals surface area contributed by atoms with E-state index in [0.29, 0.717) is 0 Å². The van der Waals surface area contributed by atoms with Crippen molar-refractivity contribution in [3.8, 4) is 0 Å². The van der Waals surface area contributed by atoms with Crippen molar-refractivity contribution in [2.24, 2.45) is 35.5 Å². The lowest BCUT2D eigenvalue weighted by molar-refractivity contribution is 0.0305. The van der Waals surface area contributed by atoms with Crippen LogP contribution in [0.25, 0.3) is 0 Å². The lowest BCUT2D eigenvalue weighted by Gasteiger charge is -2.48. The van der Waals surface area contributed by atoms with E-state index in [2.05, 4.69) is 39.8 Å². The molecule has 92 valence electrons. The fourth-order valence-electron chi connectivity index (χ4n) is 4.69. The van der Waals surface area contributed by atoms with Gasteiger partial charge >= 0.3 is 0 Å². The average Bonchev–Trinajstić information content (AvgIpc) is 2.26. The first-order valence-corrected chi connectivity index (χ1v) is 7.31. The van der Waals surface area contributed by atoms with Gasteiger partial charge in [0, 0.05) is 0 Å². The van der Waals surface area contributed by atoms with E-state index < -0.39 is 0 Å². The van der Waals surface area contributed by atoms with Crippen LogP contribution in [0.5, 0.6) is 0 Å². The summed E-state index contributed by atoms with van der Waals surface area (Å²) >= 11 is 0. The molecule has 0 aromatic rings. The van der Waals surface area contributed by atoms with Crippen LogP contribution in [0, 0.1) is 35.5 Å². The molecular formula is C16H28. The summed E-state index contributed by atoms with van der Waals surface area (Å²) in [5.41, 5.74) is 0. The van der Waals surface area contributed by atoms with Crippen molar-refractivity contribution >= 4 is 0 Å². The molecule has 2 aliphatic carbocycles. The maximum atomic E-state index is 2.56. The third kappa shape index (κ3) is 2.08. The minimum absolute atomic E-state index is 0.858. The molecular weight excluding hydrogens is 192 g/mol. The minimum atomic E-state index is 0.858. The summed E-state index contributed by atoms with van der Waals surface area (Å²) in [6.07, 6.45) is 10.6. The molecule has 2 aliphatic rings. The maximum absolute atomic E-state index is 2.56. The molecule has 0 N–H and O–H groups in total. The van der Waals surface area contributed by atoms with Gasteiger partial charge in [-0.1, -0.05) is 46.3 Å². The van der Waals surface area contributed by atoms with Crippen LogP contribution < -0.4 is 0 Å². The van der Waals surface area contributed by atoms with E-state index in [4.69, 9.17) is 0 Å². The van der Waals surface area contributed by atoms with Gasteiger partial charge in [-0.3, -0.25) is 0 Å². The third-order valence-corrected chi connectivity index (χ3v) is 5.17. The van der Waals surface area contributed by atoms with Crippen molar-refractivity contribution in [1.82, 2.24) is 0 Å². The lowest BCUT2D eigenvalue weighted by atomic mass is 9.57. The van der Waals surface area contributed by atoms with Gasteiger partial charge in [-0.05, 0) is 54.8 Å². The monoisotopic (exact) mass is 220 g/mol. The highest BCUT2D eigenvalue weighted by Gasteiger charge is 2.42. The van der Waals surface area contributed by atoms with Crippen molar-refractivity contribution < 1.29 is 0 Å². The number of rotatable bonds is 2. The number of allylic oxidation sites excluding steroid dienone is 2. The van der Waals surface area contributed by atoms with Gasteiger partial charge in [0.25, 0.3) is 0 Å². The highest BCUT2D eigenvalue weighted by Crippen LogP contribution is 2.50. The molecule has 4 unspecified atom stereocenters. The highest BCUT2D eigenvalue weighted by molar-refractivity contribution is 5.04. The van der Waals surface area contributed by atoms with Crippen LogP contribution in [0.2, 0.25) is 0 Å². The summed E-state index contributed by atoms with van der Waals surface area (Å²) in [6.45, 7) is 9.76. The van der Waals surface area contributed by atoms with Crippen molar-refractivity contribution in [3.63, 3.8) is 0 Å². The standard InChI is InChI=1S/C16H28/c1-5-14-15-9-7-6-8-13(15)10-12(4)16(14)11(2)3/h7,9,11-16H,5-6,8,10H2,1-4H3/t12?,13?,14-,15?,16?/m1/s1. The number of fused-ring (bicyclic) bond motifs is 1. The molecule has 0 amide bonds. The zero-order valence-corrected chi connectivity index (χ0v) is 11.4. The Labute approximate surface area is 102 Å². The van der Waals surface area contributed by atoms with Crippen LogP contribution in [0.3, 0.4) is 0 Å². The second-order valence-corrected chi connectivity index (χ2v) is 6.45. The molecule has 0 heteroatoms. The molecule has 0 aliphatic heterocycles. The summed E-state index contributed by atoms with van der Waals surface area (Å²) in [7, 11) is 0. The van der Waals surface area contributed by atoms with E-state index in [9.17, 15) is 0 Å². The van der Waals surface area contributed by atoms with Gasteiger partial charge in [0.2, 0.25) is 0 Å². The average molecular weight is 220 g/mol. The SMILES string of the molecule is CC[C@@H]1C2C=CCCC2CC(C)C1C(C)C. The quantitative estimate of drug-likeness (QED) is 0.580. The summed E-state index contributed by atoms with van der Waals surface area (Å²) in [4.78, 5) is 0. The van der Waals surface area contributed by atoms with Crippen molar-refractivity contribution in [1.29, 1.82) is 0 Å². The van der Waals surface area contributed by atoms with Crippen LogP contribution in [0.4, 0.5) is 0 Å². The Morgan fingerprint density at radius 3 is 2.69 bits per heavy atom. The molecule has 1 fully saturated rings. The molecule has 0 heterocycles. The fraction of sp³-hybridized carbons (Fsp3) is 0.875. The molecule has 0 aromatic heterocycles. The van der Waals surface area contributed by atoms with Gasteiger partial charge in [-0.15, -0.1) is 0 Å². The Hall–Kier alpha value is -0.260. The van der Waals surface area contributed by atoms with Crippen molar-refractivity contribution in [2.75, 3.05) is 0 Å². The summed E-state index contributed by atoms with van der Waals surface area (Å²) in [5.74, 6) is 5.61. The van der Waals surface area contributed by atoms with Crippen molar-refractivity contribution in [2.45, 2.75) is 53.4 Å². The predicted octanol–water partition coefficient (Wildman–Crippen LogP) is 4.91. The molecule has 2 rings (SSSR count). The lowest BCUT2D eigenvalue weighted by Crippen LogP contribution is -2.41. The van der Waals surface area contributed by atoms with Crippen molar-refractivity contribution in [3.05, 3.63) is 12.2 Å². The normalized spacial score (nSPS) is 43.4. The minimum Gasteiger partial charge on any atom is -0.0882 e. The predicted molar refractivity (Wildman–Crippen MR) is 71.2 cm³/mol. The Kier molecular flexibility index (Phi) is 3.77. The van der Waals surface area contributed by atoms with E-state index in [-0.39, 0.29) is 0 Å². The zero-order chi connectivity index (χ0) is 11.7. The van der Waals surface area contributed by atoms with E-state index in [1.165, 1.54) is 25.7 Å². The van der Waals surface area contributed by atoms with Crippen LogP contribution >= 0.6 is 0 Å². The van der Waals surface area contributed by atoms with Gasteiger partial charge in [-0.2, -0.15) is 0 Å². The smallest absolute Gasteiger partial charge is 0.0174 e. The summed E-state index contributed by atoms with van der Waals surface area (Å²) < 4.78 is 0. The topological polar surface area (TPSA) is 0 Å². The molecule has 5 atom stereocenters. The van der Waals surface area contributed by atoms with E-state index >= 15 is 0 Å². The second kappa shape index (κ2) is 4.94. The molecule has 0 nitrogen and oxygen atoms in total. The fourth-order valence-corrected chi connectivity index (χ4v) is 4.69. The van der Waals surface area contributed by atoms with Gasteiger partial charge in [0.15, 0.2) is 0 Å². The first kappa shape index (κ1) is 12.2. The molecule has 0 bridgehead atoms. The molecule has 0 spiro atoms. The first-order valence-electron chi connectivity index (χ1n) is 7.31. The Morgan fingerprint density at radius 2 is 2.06 bits per heavy atom. The summed E-state index contributed by atoms with van der Waals surface area (Å²) in [6, 6.07) is 0. The van der Waals surface area contributed by atoms with Gasteiger partial charge < -0.3 is 0 Å². The van der Waals surface area contributed by atoms with Gasteiger partial charge in [0.05, 0.1) is 0 Å². The maximum Gasteiger partial charge on any atom is -0.0174 e. The van der Waals surface area contributed by atoms with E-state index in [1.807, 2.05) is 0 Å². The molecule has 16 heavy (non-hydrogen) atoms. The largest absolute Gasteiger partial charge is 0.0882 e. The second-order valence-electron chi connectivity index (χ2n) is 6.45. The van der Waals surface area contributed by atoms with Crippen LogP contribution in [0.1, 0.15) is 53.4 Å². The van der Waals surface area contributed by atoms with Crippen LogP contribution in [0.15, 0.2) is 12.2 Å². The third-order valence-electron chi connectivity index (χ3n) is 5.17. The van der Waals surface area contributed by atoms with Gasteiger partial charge in [-0.25, -0.2) is 0 Å². The Morgan fingerprint density at radius 1 is 1.31 bits per heavy atom. The van der Waals surface area contributed by atoms with E-state index in [1.54, 1.807) is 0 Å². The molecule has 0 saturated heterocycles. The van der Waals surface area contributed by atoms with Crippen LogP contribution in [-0.2, 0) is 0 Å². The molecule has 0 radical (unpaired) electrons. The highest BCUT2D eigenvalue weighted by atomic mass is 14.5. The molecule has 0 aromatic carbocycles. The van der Waals surface area contributed by atoms with E-state index in [0.717, 1.165) is 35.5 Å². The number of hydrogen-bond donors (Lipinski definition) is 0. The Bertz CT molecular complexity index is 251.